The highest BCUT2D eigenvalue weighted by molar-refractivity contribution is 6.30. The quantitative estimate of drug-likeness (QED) is 0.782. The van der Waals surface area contributed by atoms with Crippen LogP contribution in [0.4, 0.5) is 18.0 Å². The summed E-state index contributed by atoms with van der Waals surface area (Å²) in [6.07, 6.45) is -4.37. The minimum atomic E-state index is -4.37. The lowest BCUT2D eigenvalue weighted by Gasteiger charge is -2.22. The molecule has 0 aliphatic rings. The van der Waals surface area contributed by atoms with Gasteiger partial charge in [0, 0.05) is 18.6 Å². The molecule has 2 rings (SSSR count). The monoisotopic (exact) mass is 370 g/mol. The smallest absolute Gasteiger partial charge is 0.331 e. The fraction of sp³-hybridized carbons (Fsp3) is 0.278. The summed E-state index contributed by atoms with van der Waals surface area (Å²) >= 11 is 5.94. The summed E-state index contributed by atoms with van der Waals surface area (Å²) in [5, 5.41) is 3.41. The third kappa shape index (κ3) is 5.39. The molecule has 25 heavy (non-hydrogen) atoms. The zero-order valence-electron chi connectivity index (χ0n) is 13.8. The number of amides is 2. The minimum absolute atomic E-state index is 0.201. The van der Waals surface area contributed by atoms with Crippen molar-refractivity contribution in [2.24, 2.45) is 0 Å². The Morgan fingerprint density at radius 1 is 1.20 bits per heavy atom. The fourth-order valence-electron chi connectivity index (χ4n) is 2.30. The molecule has 134 valence electrons. The standard InChI is InChI=1S/C18H18ClF3N2O/c1-12(14-4-3-5-16(19)10-14)23-17(25)24(2)11-13-6-8-15(9-7-13)18(20,21)22/h3-10,12H,11H2,1-2H3,(H,23,25). The van der Waals surface area contributed by atoms with Crippen molar-refractivity contribution in [1.82, 2.24) is 10.2 Å². The lowest BCUT2D eigenvalue weighted by molar-refractivity contribution is -0.137. The van der Waals surface area contributed by atoms with E-state index in [1.54, 1.807) is 25.2 Å². The molecule has 0 aliphatic carbocycles. The SMILES string of the molecule is CC(NC(=O)N(C)Cc1ccc(C(F)(F)F)cc1)c1cccc(Cl)c1. The fourth-order valence-corrected chi connectivity index (χ4v) is 2.50. The number of urea groups is 1. The predicted octanol–water partition coefficient (Wildman–Crippen LogP) is 5.26. The molecule has 0 aromatic heterocycles. The second-order valence-electron chi connectivity index (χ2n) is 5.78. The first-order valence-corrected chi connectivity index (χ1v) is 7.98. The molecule has 0 aliphatic heterocycles. The van der Waals surface area contributed by atoms with Gasteiger partial charge in [-0.3, -0.25) is 0 Å². The maximum Gasteiger partial charge on any atom is 0.416 e. The van der Waals surface area contributed by atoms with Crippen molar-refractivity contribution in [1.29, 1.82) is 0 Å². The molecule has 2 aromatic carbocycles. The van der Waals surface area contributed by atoms with Gasteiger partial charge in [-0.15, -0.1) is 0 Å². The molecular formula is C18H18ClF3N2O. The molecule has 3 nitrogen and oxygen atoms in total. The summed E-state index contributed by atoms with van der Waals surface area (Å²) < 4.78 is 37.7. The van der Waals surface area contributed by atoms with Gasteiger partial charge in [0.25, 0.3) is 0 Å². The number of nitrogens with one attached hydrogen (secondary N) is 1. The van der Waals surface area contributed by atoms with Gasteiger partial charge in [0.2, 0.25) is 0 Å². The summed E-state index contributed by atoms with van der Waals surface area (Å²) in [5.74, 6) is 0. The highest BCUT2D eigenvalue weighted by Gasteiger charge is 2.30. The lowest BCUT2D eigenvalue weighted by atomic mass is 10.1. The van der Waals surface area contributed by atoms with Crippen molar-refractivity contribution in [2.45, 2.75) is 25.7 Å². The number of carbonyl (C=O) groups is 1. The van der Waals surface area contributed by atoms with Gasteiger partial charge < -0.3 is 10.2 Å². The largest absolute Gasteiger partial charge is 0.416 e. The van der Waals surface area contributed by atoms with E-state index in [2.05, 4.69) is 5.32 Å². The minimum Gasteiger partial charge on any atom is -0.331 e. The molecule has 1 unspecified atom stereocenters. The van der Waals surface area contributed by atoms with Gasteiger partial charge in [-0.25, -0.2) is 4.79 Å². The maximum atomic E-state index is 12.6. The molecule has 1 atom stereocenters. The second kappa shape index (κ2) is 7.78. The van der Waals surface area contributed by atoms with Gasteiger partial charge in [0.15, 0.2) is 0 Å². The van der Waals surface area contributed by atoms with Crippen molar-refractivity contribution in [2.75, 3.05) is 7.05 Å². The van der Waals surface area contributed by atoms with E-state index in [1.165, 1.54) is 17.0 Å². The zero-order valence-corrected chi connectivity index (χ0v) is 14.5. The Bertz CT molecular complexity index is 732. The van der Waals surface area contributed by atoms with Crippen LogP contribution < -0.4 is 5.32 Å². The number of hydrogen-bond donors (Lipinski definition) is 1. The predicted molar refractivity (Wildman–Crippen MR) is 91.3 cm³/mol. The van der Waals surface area contributed by atoms with E-state index < -0.39 is 11.7 Å². The normalized spacial score (nSPS) is 12.6. The molecule has 0 spiro atoms. The van der Waals surface area contributed by atoms with Crippen molar-refractivity contribution < 1.29 is 18.0 Å². The topological polar surface area (TPSA) is 32.3 Å². The Kier molecular flexibility index (Phi) is 5.95. The summed E-state index contributed by atoms with van der Waals surface area (Å²) in [4.78, 5) is 13.7. The average molecular weight is 371 g/mol. The number of nitrogens with zero attached hydrogens (tertiary/aromatic N) is 1. The van der Waals surface area contributed by atoms with Gasteiger partial charge in [0.05, 0.1) is 11.6 Å². The van der Waals surface area contributed by atoms with Crippen LogP contribution in [-0.2, 0) is 12.7 Å². The van der Waals surface area contributed by atoms with Crippen LogP contribution in [0.1, 0.15) is 29.7 Å². The molecule has 0 fully saturated rings. The van der Waals surface area contributed by atoms with E-state index in [4.69, 9.17) is 11.6 Å². The first-order chi connectivity index (χ1) is 11.7. The molecule has 0 saturated carbocycles. The maximum absolute atomic E-state index is 12.6. The molecule has 2 amide bonds. The summed E-state index contributed by atoms with van der Waals surface area (Å²) in [6.45, 7) is 2.03. The van der Waals surface area contributed by atoms with Crippen LogP contribution in [0.25, 0.3) is 0 Å². The van der Waals surface area contributed by atoms with Crippen LogP contribution in [-0.4, -0.2) is 18.0 Å². The van der Waals surface area contributed by atoms with Crippen molar-refractivity contribution in [3.63, 3.8) is 0 Å². The number of halogens is 4. The Morgan fingerprint density at radius 2 is 1.84 bits per heavy atom. The number of hydrogen-bond acceptors (Lipinski definition) is 1. The van der Waals surface area contributed by atoms with Crippen LogP contribution in [0.2, 0.25) is 5.02 Å². The van der Waals surface area contributed by atoms with E-state index in [-0.39, 0.29) is 18.6 Å². The van der Waals surface area contributed by atoms with Gasteiger partial charge in [-0.2, -0.15) is 13.2 Å². The van der Waals surface area contributed by atoms with E-state index in [0.29, 0.717) is 10.6 Å². The number of rotatable bonds is 4. The molecule has 0 saturated heterocycles. The molecular weight excluding hydrogens is 353 g/mol. The van der Waals surface area contributed by atoms with Crippen molar-refractivity contribution in [3.05, 3.63) is 70.2 Å². The summed E-state index contributed by atoms with van der Waals surface area (Å²) in [6, 6.07) is 11.3. The Balaban J connectivity index is 1.96. The van der Waals surface area contributed by atoms with Gasteiger partial charge in [-0.1, -0.05) is 35.9 Å². The molecule has 2 aromatic rings. The van der Waals surface area contributed by atoms with Crippen LogP contribution >= 0.6 is 11.6 Å². The highest BCUT2D eigenvalue weighted by Crippen LogP contribution is 2.29. The highest BCUT2D eigenvalue weighted by atomic mass is 35.5. The molecule has 0 bridgehead atoms. The average Bonchev–Trinajstić information content (AvgIpc) is 2.54. The molecule has 7 heteroatoms. The van der Waals surface area contributed by atoms with E-state index in [0.717, 1.165) is 17.7 Å². The van der Waals surface area contributed by atoms with Crippen molar-refractivity contribution in [3.8, 4) is 0 Å². The Hall–Kier alpha value is -2.21. The summed E-state index contributed by atoms with van der Waals surface area (Å²) in [7, 11) is 1.58. The van der Waals surface area contributed by atoms with Gasteiger partial charge in [0.1, 0.15) is 0 Å². The Labute approximate surface area is 149 Å². The van der Waals surface area contributed by atoms with Gasteiger partial charge >= 0.3 is 12.2 Å². The molecule has 0 heterocycles. The number of carbonyl (C=O) groups excluding carboxylic acids is 1. The van der Waals surface area contributed by atoms with Crippen molar-refractivity contribution >= 4 is 17.6 Å². The van der Waals surface area contributed by atoms with Crippen LogP contribution in [0.5, 0.6) is 0 Å². The third-order valence-electron chi connectivity index (χ3n) is 3.74. The first kappa shape index (κ1) is 19.1. The number of benzene rings is 2. The van der Waals surface area contributed by atoms with E-state index in [1.807, 2.05) is 13.0 Å². The van der Waals surface area contributed by atoms with E-state index in [9.17, 15) is 18.0 Å². The third-order valence-corrected chi connectivity index (χ3v) is 3.97. The number of alkyl halides is 3. The van der Waals surface area contributed by atoms with Crippen LogP contribution in [0.15, 0.2) is 48.5 Å². The molecule has 1 N–H and O–H groups in total. The Morgan fingerprint density at radius 3 is 2.40 bits per heavy atom. The lowest BCUT2D eigenvalue weighted by Crippen LogP contribution is -2.38. The van der Waals surface area contributed by atoms with Gasteiger partial charge in [-0.05, 0) is 42.3 Å². The zero-order chi connectivity index (χ0) is 18.6. The first-order valence-electron chi connectivity index (χ1n) is 7.60. The summed E-state index contributed by atoms with van der Waals surface area (Å²) in [5.41, 5.74) is 0.766. The van der Waals surface area contributed by atoms with E-state index >= 15 is 0 Å². The van der Waals surface area contributed by atoms with Crippen LogP contribution in [0, 0.1) is 0 Å². The van der Waals surface area contributed by atoms with Crippen LogP contribution in [0.3, 0.4) is 0 Å². The molecule has 0 radical (unpaired) electrons. The second-order valence-corrected chi connectivity index (χ2v) is 6.21.